The molecule has 0 atom stereocenters. The zero-order chi connectivity index (χ0) is 22.6. The number of benzene rings is 2. The average Bonchev–Trinajstić information content (AvgIpc) is 3.20. The van der Waals surface area contributed by atoms with Crippen molar-refractivity contribution in [2.45, 2.75) is 52.2 Å². The highest BCUT2D eigenvalue weighted by atomic mass is 32.1. The molecular weight excluding hydrogens is 430 g/mol. The first-order valence-corrected chi connectivity index (χ1v) is 12.5. The number of rotatable bonds is 8. The third-order valence-electron chi connectivity index (χ3n) is 6.09. The van der Waals surface area contributed by atoms with Crippen molar-refractivity contribution in [2.24, 2.45) is 0 Å². The van der Waals surface area contributed by atoms with Gasteiger partial charge in [0.1, 0.15) is 5.75 Å². The monoisotopic (exact) mass is 459 g/mol. The topological polar surface area (TPSA) is 46.8 Å². The molecular formula is C27H29N3O2S. The summed E-state index contributed by atoms with van der Waals surface area (Å²) in [6.45, 7) is 4.83. The van der Waals surface area contributed by atoms with Gasteiger partial charge in [0, 0.05) is 36.3 Å². The zero-order valence-electron chi connectivity index (χ0n) is 19.0. The van der Waals surface area contributed by atoms with E-state index >= 15 is 0 Å². The minimum absolute atomic E-state index is 0.0510. The van der Waals surface area contributed by atoms with Gasteiger partial charge in [0.2, 0.25) is 0 Å². The lowest BCUT2D eigenvalue weighted by Gasteiger charge is -2.22. The highest BCUT2D eigenvalue weighted by Crippen LogP contribution is 2.28. The molecule has 0 N–H and O–H groups in total. The van der Waals surface area contributed by atoms with Crippen LogP contribution in [0.15, 0.2) is 65.5 Å². The number of fused-ring (bicyclic) bond motifs is 3. The van der Waals surface area contributed by atoms with Gasteiger partial charge >= 0.3 is 0 Å². The van der Waals surface area contributed by atoms with Crippen molar-refractivity contribution in [3.8, 4) is 5.75 Å². The molecule has 1 aliphatic rings. The van der Waals surface area contributed by atoms with Crippen molar-refractivity contribution in [1.82, 2.24) is 14.3 Å². The van der Waals surface area contributed by atoms with Gasteiger partial charge in [0.05, 0.1) is 12.3 Å². The number of hydrogen-bond donors (Lipinski definition) is 0. The molecule has 0 bridgehead atoms. The molecule has 2 aromatic heterocycles. The molecule has 33 heavy (non-hydrogen) atoms. The average molecular weight is 460 g/mol. The van der Waals surface area contributed by atoms with Gasteiger partial charge < -0.3 is 4.74 Å². The molecule has 0 radical (unpaired) electrons. The number of nitrogens with zero attached hydrogens (tertiary/aromatic N) is 3. The maximum atomic E-state index is 13.0. The van der Waals surface area contributed by atoms with E-state index in [0.29, 0.717) is 13.2 Å². The minimum atomic E-state index is 0.0510. The fourth-order valence-electron chi connectivity index (χ4n) is 4.58. The predicted molar refractivity (Wildman–Crippen MR) is 133 cm³/mol. The van der Waals surface area contributed by atoms with Gasteiger partial charge in [-0.05, 0) is 55.9 Å². The summed E-state index contributed by atoms with van der Waals surface area (Å²) >= 11 is 1.69. The van der Waals surface area contributed by atoms with Gasteiger partial charge in [-0.15, -0.1) is 11.3 Å². The Labute approximate surface area is 198 Å². The van der Waals surface area contributed by atoms with Gasteiger partial charge in [-0.3, -0.25) is 14.1 Å². The SMILES string of the molecule is CCOc1ccc(CN(Cc2ccccc2)Cc2cc(=O)n3c4c(sc3n2)CCCC4)cc1. The van der Waals surface area contributed by atoms with E-state index in [-0.39, 0.29) is 5.56 Å². The first-order chi connectivity index (χ1) is 16.2. The van der Waals surface area contributed by atoms with E-state index in [1.807, 2.05) is 29.5 Å². The molecule has 1 aliphatic carbocycles. The molecule has 6 heteroatoms. The molecule has 5 rings (SSSR count). The van der Waals surface area contributed by atoms with Crippen LogP contribution < -0.4 is 10.3 Å². The molecule has 2 heterocycles. The Morgan fingerprint density at radius 2 is 1.70 bits per heavy atom. The standard InChI is InChI=1S/C27H29N3O2S/c1-2-32-23-14-12-21(13-15-23)18-29(17-20-8-4-3-5-9-20)19-22-16-26(31)30-24-10-6-7-11-25(24)33-27(30)28-22/h3-5,8-9,12-16H,2,6-7,10-11,17-19H2,1H3. The molecule has 2 aromatic carbocycles. The maximum Gasteiger partial charge on any atom is 0.259 e. The second-order valence-corrected chi connectivity index (χ2v) is 9.65. The van der Waals surface area contributed by atoms with E-state index in [1.165, 1.54) is 28.1 Å². The lowest BCUT2D eigenvalue weighted by molar-refractivity contribution is 0.244. The molecule has 0 saturated carbocycles. The Balaban J connectivity index is 1.42. The van der Waals surface area contributed by atoms with Crippen LogP contribution in [-0.2, 0) is 32.5 Å². The van der Waals surface area contributed by atoms with Gasteiger partial charge in [-0.2, -0.15) is 0 Å². The summed E-state index contributed by atoms with van der Waals surface area (Å²) in [5.41, 5.74) is 4.52. The summed E-state index contributed by atoms with van der Waals surface area (Å²) in [5, 5.41) is 0. The summed E-state index contributed by atoms with van der Waals surface area (Å²) in [4.78, 5) is 22.5. The fraction of sp³-hybridized carbons (Fsp3) is 0.333. The normalized spacial score (nSPS) is 13.4. The number of thiazole rings is 1. The van der Waals surface area contributed by atoms with Crippen molar-refractivity contribution in [2.75, 3.05) is 6.61 Å². The summed E-state index contributed by atoms with van der Waals surface area (Å²) in [6, 6.07) is 20.4. The highest BCUT2D eigenvalue weighted by molar-refractivity contribution is 7.17. The Bertz CT molecular complexity index is 1280. The quantitative estimate of drug-likeness (QED) is 0.362. The molecule has 0 spiro atoms. The van der Waals surface area contributed by atoms with E-state index in [0.717, 1.165) is 48.8 Å². The van der Waals surface area contributed by atoms with Crippen molar-refractivity contribution >= 4 is 16.3 Å². The van der Waals surface area contributed by atoms with E-state index < -0.39 is 0 Å². The Morgan fingerprint density at radius 1 is 0.970 bits per heavy atom. The first kappa shape index (κ1) is 21.9. The Morgan fingerprint density at radius 3 is 2.45 bits per heavy atom. The van der Waals surface area contributed by atoms with Crippen molar-refractivity contribution < 1.29 is 4.74 Å². The van der Waals surface area contributed by atoms with E-state index in [2.05, 4.69) is 41.3 Å². The lowest BCUT2D eigenvalue weighted by atomic mass is 10.0. The van der Waals surface area contributed by atoms with E-state index in [1.54, 1.807) is 17.4 Å². The Kier molecular flexibility index (Phi) is 6.55. The molecule has 0 fully saturated rings. The van der Waals surface area contributed by atoms with Crippen LogP contribution in [0.3, 0.4) is 0 Å². The second-order valence-electron chi connectivity index (χ2n) is 8.59. The van der Waals surface area contributed by atoms with Crippen LogP contribution in [0, 0.1) is 0 Å². The van der Waals surface area contributed by atoms with Crippen molar-refractivity contribution in [1.29, 1.82) is 0 Å². The second kappa shape index (κ2) is 9.89. The molecule has 4 aromatic rings. The van der Waals surface area contributed by atoms with Gasteiger partial charge in [0.15, 0.2) is 4.96 Å². The van der Waals surface area contributed by atoms with Crippen molar-refractivity contribution in [3.05, 3.63) is 98.4 Å². The third kappa shape index (κ3) is 5.02. The number of aryl methyl sites for hydroxylation is 2. The smallest absolute Gasteiger partial charge is 0.259 e. The van der Waals surface area contributed by atoms with Crippen LogP contribution in [0.5, 0.6) is 5.75 Å². The molecule has 170 valence electrons. The lowest BCUT2D eigenvalue weighted by Crippen LogP contribution is -2.25. The largest absolute Gasteiger partial charge is 0.494 e. The van der Waals surface area contributed by atoms with E-state index in [4.69, 9.17) is 9.72 Å². The Hall–Kier alpha value is -2.96. The summed E-state index contributed by atoms with van der Waals surface area (Å²) in [7, 11) is 0. The summed E-state index contributed by atoms with van der Waals surface area (Å²) in [5.74, 6) is 0.887. The highest BCUT2D eigenvalue weighted by Gasteiger charge is 2.19. The molecule has 0 saturated heterocycles. The number of hydrogen-bond acceptors (Lipinski definition) is 5. The zero-order valence-corrected chi connectivity index (χ0v) is 19.8. The van der Waals surface area contributed by atoms with Gasteiger partial charge in [-0.25, -0.2) is 4.98 Å². The van der Waals surface area contributed by atoms with Crippen LogP contribution in [0.25, 0.3) is 4.96 Å². The number of ether oxygens (including phenoxy) is 1. The molecule has 5 nitrogen and oxygen atoms in total. The minimum Gasteiger partial charge on any atom is -0.494 e. The van der Waals surface area contributed by atoms with Crippen LogP contribution in [0.1, 0.15) is 47.2 Å². The first-order valence-electron chi connectivity index (χ1n) is 11.7. The molecule has 0 aliphatic heterocycles. The summed E-state index contributed by atoms with van der Waals surface area (Å²) < 4.78 is 7.43. The van der Waals surface area contributed by atoms with Crippen molar-refractivity contribution in [3.63, 3.8) is 0 Å². The predicted octanol–water partition coefficient (Wildman–Crippen LogP) is 5.24. The molecule has 0 unspecified atom stereocenters. The summed E-state index contributed by atoms with van der Waals surface area (Å²) in [6.07, 6.45) is 4.40. The third-order valence-corrected chi connectivity index (χ3v) is 7.23. The van der Waals surface area contributed by atoms with E-state index in [9.17, 15) is 4.79 Å². The van der Waals surface area contributed by atoms with Crippen LogP contribution in [0.2, 0.25) is 0 Å². The van der Waals surface area contributed by atoms with Crippen LogP contribution >= 0.6 is 11.3 Å². The van der Waals surface area contributed by atoms with Gasteiger partial charge in [0.25, 0.3) is 5.56 Å². The fourth-order valence-corrected chi connectivity index (χ4v) is 5.81. The number of aromatic nitrogens is 2. The maximum absolute atomic E-state index is 13.0. The van der Waals surface area contributed by atoms with Crippen LogP contribution in [0.4, 0.5) is 0 Å². The molecule has 0 amide bonds. The van der Waals surface area contributed by atoms with Gasteiger partial charge in [-0.1, -0.05) is 42.5 Å². The van der Waals surface area contributed by atoms with Crippen LogP contribution in [-0.4, -0.2) is 20.9 Å².